The van der Waals surface area contributed by atoms with Crippen molar-refractivity contribution in [2.75, 3.05) is 39.3 Å². The first-order chi connectivity index (χ1) is 12.2. The summed E-state index contributed by atoms with van der Waals surface area (Å²) in [7, 11) is 0. The van der Waals surface area contributed by atoms with Crippen LogP contribution in [-0.4, -0.2) is 72.1 Å². The van der Waals surface area contributed by atoms with Crippen molar-refractivity contribution in [1.82, 2.24) is 15.1 Å². The quantitative estimate of drug-likeness (QED) is 0.729. The number of rotatable bonds is 8. The molecule has 25 heavy (non-hydrogen) atoms. The molecule has 2 amide bonds. The minimum atomic E-state index is -0.464. The van der Waals surface area contributed by atoms with Crippen molar-refractivity contribution in [3.8, 4) is 0 Å². The molecule has 1 atom stereocenters. The van der Waals surface area contributed by atoms with E-state index in [0.29, 0.717) is 26.2 Å². The molecule has 0 aromatic heterocycles. The van der Waals surface area contributed by atoms with Crippen molar-refractivity contribution in [3.63, 3.8) is 0 Å². The molecule has 1 saturated heterocycles. The zero-order valence-electron chi connectivity index (χ0n) is 14.7. The Morgan fingerprint density at radius 1 is 1.40 bits per heavy atom. The van der Waals surface area contributed by atoms with Gasteiger partial charge in [0.05, 0.1) is 19.1 Å². The number of nitrogens with one attached hydrogen (secondary N) is 1. The Kier molecular flexibility index (Phi) is 7.63. The number of carbonyl (C=O) groups is 2. The Bertz CT molecular complexity index is 589. The summed E-state index contributed by atoms with van der Waals surface area (Å²) in [6.07, 6.45) is 4.19. The average molecular weight is 345 g/mol. The van der Waals surface area contributed by atoms with Crippen LogP contribution in [0.5, 0.6) is 0 Å². The highest BCUT2D eigenvalue weighted by Crippen LogP contribution is 2.12. The van der Waals surface area contributed by atoms with E-state index in [2.05, 4.69) is 5.32 Å². The van der Waals surface area contributed by atoms with Gasteiger partial charge >= 0.3 is 0 Å². The summed E-state index contributed by atoms with van der Waals surface area (Å²) < 4.78 is 0. The fourth-order valence-corrected chi connectivity index (χ4v) is 2.97. The maximum atomic E-state index is 12.4. The van der Waals surface area contributed by atoms with E-state index in [0.717, 1.165) is 12.1 Å². The van der Waals surface area contributed by atoms with Crippen molar-refractivity contribution >= 4 is 17.9 Å². The van der Waals surface area contributed by atoms with E-state index in [1.165, 1.54) is 0 Å². The summed E-state index contributed by atoms with van der Waals surface area (Å²) >= 11 is 0. The van der Waals surface area contributed by atoms with Crippen LogP contribution in [0.4, 0.5) is 0 Å². The molecule has 1 aliphatic rings. The average Bonchev–Trinajstić information content (AvgIpc) is 2.63. The molecule has 1 unspecified atom stereocenters. The molecule has 0 aliphatic carbocycles. The molecule has 1 aromatic carbocycles. The third-order valence-electron chi connectivity index (χ3n) is 4.36. The maximum absolute atomic E-state index is 12.4. The van der Waals surface area contributed by atoms with Crippen LogP contribution in [0.1, 0.15) is 18.9 Å². The monoisotopic (exact) mass is 345 g/mol. The second kappa shape index (κ2) is 9.96. The number of amides is 2. The Morgan fingerprint density at radius 3 is 2.84 bits per heavy atom. The minimum absolute atomic E-state index is 0.0695. The van der Waals surface area contributed by atoms with Gasteiger partial charge in [-0.1, -0.05) is 42.5 Å². The summed E-state index contributed by atoms with van der Waals surface area (Å²) in [5.74, 6) is -0.205. The number of hydrogen-bond donors (Lipinski definition) is 2. The van der Waals surface area contributed by atoms with E-state index < -0.39 is 6.04 Å². The molecule has 6 heteroatoms. The molecule has 0 bridgehead atoms. The highest BCUT2D eigenvalue weighted by Gasteiger charge is 2.31. The SMILES string of the molecule is CCN(CCO)C(=O)CC1C(=O)NCCN1CC=Cc1ccccc1. The topological polar surface area (TPSA) is 72.9 Å². The number of likely N-dealkylation sites (N-methyl/N-ethyl adjacent to an activating group) is 1. The third kappa shape index (κ3) is 5.69. The Labute approximate surface area is 149 Å². The van der Waals surface area contributed by atoms with Crippen LogP contribution in [0, 0.1) is 0 Å². The van der Waals surface area contributed by atoms with Crippen molar-refractivity contribution in [2.45, 2.75) is 19.4 Å². The van der Waals surface area contributed by atoms with E-state index in [-0.39, 0.29) is 24.8 Å². The first-order valence-electron chi connectivity index (χ1n) is 8.77. The van der Waals surface area contributed by atoms with Crippen LogP contribution >= 0.6 is 0 Å². The van der Waals surface area contributed by atoms with Gasteiger partial charge in [0.1, 0.15) is 0 Å². The Hall–Kier alpha value is -2.18. The molecule has 1 heterocycles. The minimum Gasteiger partial charge on any atom is -0.395 e. The van der Waals surface area contributed by atoms with Gasteiger partial charge in [0.2, 0.25) is 11.8 Å². The fourth-order valence-electron chi connectivity index (χ4n) is 2.97. The van der Waals surface area contributed by atoms with Crippen LogP contribution in [-0.2, 0) is 9.59 Å². The summed E-state index contributed by atoms with van der Waals surface area (Å²) in [6, 6.07) is 9.52. The molecule has 1 aliphatic heterocycles. The Morgan fingerprint density at radius 2 is 2.16 bits per heavy atom. The van der Waals surface area contributed by atoms with Crippen LogP contribution in [0.15, 0.2) is 36.4 Å². The molecule has 0 radical (unpaired) electrons. The highest BCUT2D eigenvalue weighted by atomic mass is 16.3. The van der Waals surface area contributed by atoms with Crippen molar-refractivity contribution in [2.24, 2.45) is 0 Å². The molecular weight excluding hydrogens is 318 g/mol. The molecule has 1 fully saturated rings. The van der Waals surface area contributed by atoms with Crippen LogP contribution in [0.25, 0.3) is 6.08 Å². The normalized spacial score (nSPS) is 18.3. The van der Waals surface area contributed by atoms with E-state index in [4.69, 9.17) is 5.11 Å². The lowest BCUT2D eigenvalue weighted by molar-refractivity contribution is -0.138. The molecule has 0 saturated carbocycles. The predicted octanol–water partition coefficient (Wildman–Crippen LogP) is 0.731. The van der Waals surface area contributed by atoms with Gasteiger partial charge in [-0.25, -0.2) is 0 Å². The Balaban J connectivity index is 1.98. The smallest absolute Gasteiger partial charge is 0.237 e. The van der Waals surface area contributed by atoms with Gasteiger partial charge in [0.15, 0.2) is 0 Å². The number of hydrogen-bond acceptors (Lipinski definition) is 4. The van der Waals surface area contributed by atoms with E-state index >= 15 is 0 Å². The van der Waals surface area contributed by atoms with Gasteiger partial charge < -0.3 is 15.3 Å². The number of aliphatic hydroxyl groups is 1. The van der Waals surface area contributed by atoms with Crippen LogP contribution in [0.3, 0.4) is 0 Å². The molecule has 2 N–H and O–H groups in total. The number of aliphatic hydroxyl groups excluding tert-OH is 1. The lowest BCUT2D eigenvalue weighted by atomic mass is 10.1. The predicted molar refractivity (Wildman–Crippen MR) is 97.8 cm³/mol. The van der Waals surface area contributed by atoms with E-state index in [9.17, 15) is 9.59 Å². The van der Waals surface area contributed by atoms with Gasteiger partial charge in [0, 0.05) is 32.7 Å². The van der Waals surface area contributed by atoms with E-state index in [1.54, 1.807) is 4.90 Å². The number of benzene rings is 1. The molecule has 2 rings (SSSR count). The van der Waals surface area contributed by atoms with Crippen LogP contribution in [0.2, 0.25) is 0 Å². The standard InChI is InChI=1S/C19H27N3O3/c1-2-21(13-14-23)18(24)15-17-19(25)20-10-12-22(17)11-6-9-16-7-4-3-5-8-16/h3-9,17,23H,2,10-15H2,1H3,(H,20,25). The highest BCUT2D eigenvalue weighted by molar-refractivity contribution is 5.88. The van der Waals surface area contributed by atoms with Gasteiger partial charge in [-0.3, -0.25) is 14.5 Å². The zero-order chi connectivity index (χ0) is 18.1. The molecule has 1 aromatic rings. The molecule has 0 spiro atoms. The van der Waals surface area contributed by atoms with Crippen molar-refractivity contribution in [3.05, 3.63) is 42.0 Å². The first-order valence-corrected chi connectivity index (χ1v) is 8.77. The molecule has 136 valence electrons. The van der Waals surface area contributed by atoms with Gasteiger partial charge in [0.25, 0.3) is 0 Å². The first kappa shape index (κ1) is 19.1. The lowest BCUT2D eigenvalue weighted by Crippen LogP contribution is -2.56. The lowest BCUT2D eigenvalue weighted by Gasteiger charge is -2.35. The number of nitrogens with zero attached hydrogens (tertiary/aromatic N) is 2. The summed E-state index contributed by atoms with van der Waals surface area (Å²) in [5.41, 5.74) is 1.11. The summed E-state index contributed by atoms with van der Waals surface area (Å²) in [4.78, 5) is 28.3. The fraction of sp³-hybridized carbons (Fsp3) is 0.474. The van der Waals surface area contributed by atoms with Gasteiger partial charge in [-0.15, -0.1) is 0 Å². The number of carbonyl (C=O) groups excluding carboxylic acids is 2. The summed E-state index contributed by atoms with van der Waals surface area (Å²) in [6.45, 7) is 4.56. The molecule has 6 nitrogen and oxygen atoms in total. The van der Waals surface area contributed by atoms with Gasteiger partial charge in [-0.05, 0) is 12.5 Å². The zero-order valence-corrected chi connectivity index (χ0v) is 14.7. The third-order valence-corrected chi connectivity index (χ3v) is 4.36. The van der Waals surface area contributed by atoms with Crippen molar-refractivity contribution < 1.29 is 14.7 Å². The maximum Gasteiger partial charge on any atom is 0.237 e. The van der Waals surface area contributed by atoms with Gasteiger partial charge in [-0.2, -0.15) is 0 Å². The van der Waals surface area contributed by atoms with Crippen molar-refractivity contribution in [1.29, 1.82) is 0 Å². The second-order valence-corrected chi connectivity index (χ2v) is 6.02. The summed E-state index contributed by atoms with van der Waals surface area (Å²) in [5, 5.41) is 11.9. The largest absolute Gasteiger partial charge is 0.395 e. The van der Waals surface area contributed by atoms with E-state index in [1.807, 2.05) is 54.3 Å². The number of piperazine rings is 1. The van der Waals surface area contributed by atoms with Crippen LogP contribution < -0.4 is 5.32 Å². The molecular formula is C19H27N3O3. The second-order valence-electron chi connectivity index (χ2n) is 6.02.